The van der Waals surface area contributed by atoms with Gasteiger partial charge in [-0.2, -0.15) is 5.10 Å². The zero-order valence-electron chi connectivity index (χ0n) is 17.6. The fraction of sp³-hybridized carbons (Fsp3) is 0.154. The first-order valence-corrected chi connectivity index (χ1v) is 11.2. The highest BCUT2D eigenvalue weighted by molar-refractivity contribution is 6.30. The van der Waals surface area contributed by atoms with E-state index in [2.05, 4.69) is 22.4 Å². The van der Waals surface area contributed by atoms with Crippen LogP contribution in [0, 0.1) is 0 Å². The Labute approximate surface area is 197 Å². The van der Waals surface area contributed by atoms with E-state index in [0.29, 0.717) is 22.3 Å². The molecule has 4 nitrogen and oxygen atoms in total. The summed E-state index contributed by atoms with van der Waals surface area (Å²) < 4.78 is 0. The molecule has 32 heavy (non-hydrogen) atoms. The first-order valence-electron chi connectivity index (χ1n) is 10.4. The number of rotatable bonds is 7. The van der Waals surface area contributed by atoms with Crippen LogP contribution in [0.5, 0.6) is 0 Å². The topological polar surface area (TPSA) is 57.8 Å². The predicted octanol–water partition coefficient (Wildman–Crippen LogP) is 6.70. The molecule has 1 aromatic heterocycles. The van der Waals surface area contributed by atoms with Gasteiger partial charge in [0.15, 0.2) is 5.69 Å². The number of carbonyl (C=O) groups excluding carboxylic acids is 1. The van der Waals surface area contributed by atoms with E-state index in [4.69, 9.17) is 23.2 Å². The molecule has 162 valence electrons. The van der Waals surface area contributed by atoms with Crippen molar-refractivity contribution in [1.29, 1.82) is 0 Å². The van der Waals surface area contributed by atoms with E-state index in [1.807, 2.05) is 78.9 Å². The van der Waals surface area contributed by atoms with E-state index in [-0.39, 0.29) is 17.7 Å². The molecule has 2 atom stereocenters. The Balaban J connectivity index is 1.52. The van der Waals surface area contributed by atoms with Crippen LogP contribution in [-0.2, 0) is 0 Å². The molecule has 0 aliphatic rings. The molecule has 0 aliphatic carbocycles. The zero-order chi connectivity index (χ0) is 22.5. The number of carbonyl (C=O) groups is 1. The Bertz CT molecular complexity index is 1170. The maximum atomic E-state index is 12.9. The molecule has 0 bridgehead atoms. The first kappa shape index (κ1) is 22.1. The third-order valence-corrected chi connectivity index (χ3v) is 6.18. The first-order chi connectivity index (χ1) is 15.5. The number of hydrogen-bond acceptors (Lipinski definition) is 2. The Hall–Kier alpha value is -3.08. The van der Waals surface area contributed by atoms with Gasteiger partial charge in [0.05, 0.1) is 5.69 Å². The second-order valence-corrected chi connectivity index (χ2v) is 8.61. The molecule has 1 heterocycles. The molecule has 2 N–H and O–H groups in total. The van der Waals surface area contributed by atoms with Gasteiger partial charge in [0, 0.05) is 22.5 Å². The summed E-state index contributed by atoms with van der Waals surface area (Å²) in [5.74, 6) is -0.0246. The van der Waals surface area contributed by atoms with Crippen LogP contribution >= 0.6 is 23.2 Å². The number of aromatic nitrogens is 2. The summed E-state index contributed by atoms with van der Waals surface area (Å²) in [6, 6.07) is 27.2. The van der Waals surface area contributed by atoms with Gasteiger partial charge in [0.25, 0.3) is 5.91 Å². The Kier molecular flexibility index (Phi) is 6.93. The molecular weight excluding hydrogens is 441 g/mol. The maximum Gasteiger partial charge on any atom is 0.271 e. The summed E-state index contributed by atoms with van der Waals surface area (Å²) in [5, 5.41) is 11.6. The van der Waals surface area contributed by atoms with Crippen molar-refractivity contribution >= 4 is 29.1 Å². The highest BCUT2D eigenvalue weighted by Crippen LogP contribution is 2.33. The monoisotopic (exact) mass is 463 g/mol. The van der Waals surface area contributed by atoms with Gasteiger partial charge < -0.3 is 5.32 Å². The van der Waals surface area contributed by atoms with Crippen LogP contribution in [0.4, 0.5) is 0 Å². The molecule has 2 unspecified atom stereocenters. The SMILES string of the molecule is CC(c1ccc(Cl)cc1)C(CNC(=O)c1cc(-c2ccccc2)[nH]n1)c1ccc(Cl)cc1. The van der Waals surface area contributed by atoms with E-state index < -0.39 is 0 Å². The van der Waals surface area contributed by atoms with E-state index in [1.165, 1.54) is 0 Å². The third kappa shape index (κ3) is 5.21. The number of amides is 1. The molecule has 0 radical (unpaired) electrons. The lowest BCUT2D eigenvalue weighted by Crippen LogP contribution is -2.30. The Morgan fingerprint density at radius 3 is 2.12 bits per heavy atom. The molecule has 0 saturated heterocycles. The van der Waals surface area contributed by atoms with Crippen molar-refractivity contribution in [3.8, 4) is 11.3 Å². The van der Waals surface area contributed by atoms with Gasteiger partial charge in [-0.25, -0.2) is 0 Å². The van der Waals surface area contributed by atoms with Gasteiger partial charge in [0.1, 0.15) is 0 Å². The van der Waals surface area contributed by atoms with Gasteiger partial charge in [-0.3, -0.25) is 9.89 Å². The number of nitrogens with one attached hydrogen (secondary N) is 2. The number of halogens is 2. The zero-order valence-corrected chi connectivity index (χ0v) is 19.1. The molecule has 0 spiro atoms. The highest BCUT2D eigenvalue weighted by atomic mass is 35.5. The van der Waals surface area contributed by atoms with Crippen molar-refractivity contribution in [3.05, 3.63) is 112 Å². The fourth-order valence-corrected chi connectivity index (χ4v) is 4.04. The van der Waals surface area contributed by atoms with Crippen LogP contribution < -0.4 is 5.32 Å². The highest BCUT2D eigenvalue weighted by Gasteiger charge is 2.23. The minimum Gasteiger partial charge on any atom is -0.350 e. The van der Waals surface area contributed by atoms with Crippen molar-refractivity contribution in [2.75, 3.05) is 6.54 Å². The molecule has 4 rings (SSSR count). The van der Waals surface area contributed by atoms with Crippen molar-refractivity contribution in [3.63, 3.8) is 0 Å². The summed E-state index contributed by atoms with van der Waals surface area (Å²) >= 11 is 12.2. The molecule has 0 saturated carbocycles. The summed E-state index contributed by atoms with van der Waals surface area (Å²) in [4.78, 5) is 12.9. The van der Waals surface area contributed by atoms with E-state index >= 15 is 0 Å². The van der Waals surface area contributed by atoms with Gasteiger partial charge >= 0.3 is 0 Å². The summed E-state index contributed by atoms with van der Waals surface area (Å²) in [6.45, 7) is 2.61. The van der Waals surface area contributed by atoms with E-state index in [0.717, 1.165) is 22.4 Å². The molecular formula is C26H23Cl2N3O. The minimum absolute atomic E-state index is 0.0462. The van der Waals surface area contributed by atoms with Gasteiger partial charge in [-0.15, -0.1) is 0 Å². The van der Waals surface area contributed by atoms with Crippen molar-refractivity contribution in [2.24, 2.45) is 0 Å². The normalized spacial score (nSPS) is 12.8. The lowest BCUT2D eigenvalue weighted by atomic mass is 9.82. The van der Waals surface area contributed by atoms with Crippen molar-refractivity contribution in [2.45, 2.75) is 18.8 Å². The van der Waals surface area contributed by atoms with Crippen molar-refractivity contribution < 1.29 is 4.79 Å². The van der Waals surface area contributed by atoms with Crippen molar-refractivity contribution in [1.82, 2.24) is 15.5 Å². The van der Waals surface area contributed by atoms with Crippen LogP contribution in [0.1, 0.15) is 40.4 Å². The number of H-pyrrole nitrogens is 1. The summed E-state index contributed by atoms with van der Waals surface area (Å²) in [7, 11) is 0. The molecule has 0 fully saturated rings. The average molecular weight is 464 g/mol. The maximum absolute atomic E-state index is 12.9. The van der Waals surface area contributed by atoms with Gasteiger partial charge in [-0.1, -0.05) is 84.7 Å². The predicted molar refractivity (Wildman–Crippen MR) is 130 cm³/mol. The van der Waals surface area contributed by atoms with Gasteiger partial charge in [-0.05, 0) is 52.9 Å². The van der Waals surface area contributed by atoms with Gasteiger partial charge in [0.2, 0.25) is 0 Å². The van der Waals surface area contributed by atoms with E-state index in [1.54, 1.807) is 6.07 Å². The van der Waals surface area contributed by atoms with Crippen LogP contribution in [0.3, 0.4) is 0 Å². The second kappa shape index (κ2) is 10.0. The van der Waals surface area contributed by atoms with Crippen LogP contribution in [0.2, 0.25) is 10.0 Å². The summed E-state index contributed by atoms with van der Waals surface area (Å²) in [5.41, 5.74) is 4.39. The average Bonchev–Trinajstić information content (AvgIpc) is 3.32. The fourth-order valence-electron chi connectivity index (χ4n) is 3.79. The number of hydrogen-bond donors (Lipinski definition) is 2. The smallest absolute Gasteiger partial charge is 0.271 e. The Morgan fingerprint density at radius 1 is 0.906 bits per heavy atom. The van der Waals surface area contributed by atoms with Crippen LogP contribution in [-0.4, -0.2) is 22.6 Å². The quantitative estimate of drug-likeness (QED) is 0.320. The molecule has 0 aliphatic heterocycles. The number of aromatic amines is 1. The molecule has 3 aromatic carbocycles. The van der Waals surface area contributed by atoms with Crippen LogP contribution in [0.25, 0.3) is 11.3 Å². The third-order valence-electron chi connectivity index (χ3n) is 5.68. The number of nitrogens with zero attached hydrogens (tertiary/aromatic N) is 1. The largest absolute Gasteiger partial charge is 0.350 e. The lowest BCUT2D eigenvalue weighted by molar-refractivity contribution is 0.0945. The minimum atomic E-state index is -0.217. The van der Waals surface area contributed by atoms with Crippen LogP contribution in [0.15, 0.2) is 84.9 Å². The Morgan fingerprint density at radius 2 is 1.50 bits per heavy atom. The lowest BCUT2D eigenvalue weighted by Gasteiger charge is -2.25. The molecule has 6 heteroatoms. The van der Waals surface area contributed by atoms with E-state index in [9.17, 15) is 4.79 Å². The number of benzene rings is 3. The summed E-state index contributed by atoms with van der Waals surface area (Å²) in [6.07, 6.45) is 0. The molecule has 4 aromatic rings. The standard InChI is InChI=1S/C26H23Cl2N3O/c1-17(18-7-11-21(27)12-8-18)23(19-9-13-22(28)14-10-19)16-29-26(32)25-15-24(30-31-25)20-5-3-2-4-6-20/h2-15,17,23H,16H2,1H3,(H,29,32)(H,30,31). The second-order valence-electron chi connectivity index (χ2n) is 7.74. The molecule has 1 amide bonds.